The predicted molar refractivity (Wildman–Crippen MR) is 44.4 cm³/mol. The SMILES string of the molecule is Nn1[c]nnc1-c1ccc(F)cc1. The zero-order valence-corrected chi connectivity index (χ0v) is 6.61. The molecule has 4 nitrogen and oxygen atoms in total. The van der Waals surface area contributed by atoms with Gasteiger partial charge in [0.05, 0.1) is 0 Å². The lowest BCUT2D eigenvalue weighted by atomic mass is 10.2. The molecule has 1 radical (unpaired) electrons. The highest BCUT2D eigenvalue weighted by Crippen LogP contribution is 2.14. The Morgan fingerprint density at radius 2 is 2.00 bits per heavy atom. The molecule has 2 N–H and O–H groups in total. The maximum Gasteiger partial charge on any atom is 0.222 e. The van der Waals surface area contributed by atoms with Crippen LogP contribution in [0.4, 0.5) is 4.39 Å². The van der Waals surface area contributed by atoms with Crippen LogP contribution in [0.2, 0.25) is 0 Å². The van der Waals surface area contributed by atoms with E-state index in [4.69, 9.17) is 5.84 Å². The minimum atomic E-state index is -0.296. The summed E-state index contributed by atoms with van der Waals surface area (Å²) in [5.41, 5.74) is 0.706. The van der Waals surface area contributed by atoms with Crippen molar-refractivity contribution < 1.29 is 4.39 Å². The van der Waals surface area contributed by atoms with Crippen LogP contribution in [0.25, 0.3) is 11.4 Å². The van der Waals surface area contributed by atoms with Crippen LogP contribution >= 0.6 is 0 Å². The Kier molecular flexibility index (Phi) is 1.70. The maximum absolute atomic E-state index is 12.5. The van der Waals surface area contributed by atoms with Gasteiger partial charge in [-0.3, -0.25) is 0 Å². The highest BCUT2D eigenvalue weighted by Gasteiger charge is 2.04. The van der Waals surface area contributed by atoms with Crippen LogP contribution in [0.15, 0.2) is 24.3 Å². The lowest BCUT2D eigenvalue weighted by molar-refractivity contribution is 0.628. The summed E-state index contributed by atoms with van der Waals surface area (Å²) in [6.07, 6.45) is 2.42. The Morgan fingerprint density at radius 1 is 1.31 bits per heavy atom. The van der Waals surface area contributed by atoms with E-state index < -0.39 is 0 Å². The molecule has 0 aliphatic heterocycles. The molecule has 0 aliphatic rings. The molecule has 2 aromatic rings. The van der Waals surface area contributed by atoms with Crippen LogP contribution in [-0.4, -0.2) is 14.9 Å². The van der Waals surface area contributed by atoms with Gasteiger partial charge in [0.15, 0.2) is 5.82 Å². The van der Waals surface area contributed by atoms with E-state index in [1.807, 2.05) is 0 Å². The zero-order valence-electron chi connectivity index (χ0n) is 6.61. The van der Waals surface area contributed by atoms with E-state index in [9.17, 15) is 4.39 Å². The van der Waals surface area contributed by atoms with Gasteiger partial charge in [-0.05, 0) is 24.3 Å². The molecule has 0 aliphatic carbocycles. The standard InChI is InChI=1S/C8H6FN4/c9-7-3-1-6(2-4-7)8-12-11-5-13(8)10/h1-4H,10H2. The molecule has 0 amide bonds. The van der Waals surface area contributed by atoms with Crippen LogP contribution < -0.4 is 5.84 Å². The summed E-state index contributed by atoms with van der Waals surface area (Å²) >= 11 is 0. The molecular weight excluding hydrogens is 171 g/mol. The molecule has 65 valence electrons. The number of hydrogen-bond acceptors (Lipinski definition) is 3. The maximum atomic E-state index is 12.5. The van der Waals surface area contributed by atoms with E-state index in [0.29, 0.717) is 11.4 Å². The first-order valence-corrected chi connectivity index (χ1v) is 3.61. The van der Waals surface area contributed by atoms with Gasteiger partial charge in [-0.15, -0.1) is 10.2 Å². The third kappa shape index (κ3) is 1.35. The van der Waals surface area contributed by atoms with E-state index in [0.717, 1.165) is 4.68 Å². The minimum Gasteiger partial charge on any atom is -0.336 e. The van der Waals surface area contributed by atoms with Gasteiger partial charge in [0.1, 0.15) is 5.82 Å². The van der Waals surface area contributed by atoms with Gasteiger partial charge in [0, 0.05) is 5.56 Å². The summed E-state index contributed by atoms with van der Waals surface area (Å²) < 4.78 is 13.7. The second-order valence-corrected chi connectivity index (χ2v) is 2.50. The number of aromatic nitrogens is 3. The number of nitrogens with two attached hydrogens (primary N) is 1. The summed E-state index contributed by atoms with van der Waals surface area (Å²) in [5.74, 6) is 5.62. The molecule has 0 atom stereocenters. The van der Waals surface area contributed by atoms with E-state index >= 15 is 0 Å². The van der Waals surface area contributed by atoms with Gasteiger partial charge in [-0.1, -0.05) is 0 Å². The summed E-state index contributed by atoms with van der Waals surface area (Å²) in [6, 6.07) is 5.83. The van der Waals surface area contributed by atoms with Crippen LogP contribution in [0.3, 0.4) is 0 Å². The Hall–Kier alpha value is -1.91. The first kappa shape index (κ1) is 7.72. The van der Waals surface area contributed by atoms with Crippen molar-refractivity contribution in [1.82, 2.24) is 14.9 Å². The summed E-state index contributed by atoms with van der Waals surface area (Å²) in [4.78, 5) is 0. The number of nitrogen functional groups attached to an aromatic ring is 1. The van der Waals surface area contributed by atoms with Crippen molar-refractivity contribution in [2.24, 2.45) is 0 Å². The van der Waals surface area contributed by atoms with E-state index in [1.165, 1.54) is 12.1 Å². The van der Waals surface area contributed by atoms with Crippen LogP contribution in [-0.2, 0) is 0 Å². The molecule has 1 aromatic heterocycles. The monoisotopic (exact) mass is 177 g/mol. The molecule has 1 heterocycles. The van der Waals surface area contributed by atoms with Crippen molar-refractivity contribution in [3.05, 3.63) is 36.4 Å². The van der Waals surface area contributed by atoms with Gasteiger partial charge in [-0.2, -0.15) is 0 Å². The lowest BCUT2D eigenvalue weighted by Gasteiger charge is -1.98. The molecule has 0 bridgehead atoms. The van der Waals surface area contributed by atoms with Crippen LogP contribution in [0.1, 0.15) is 0 Å². The molecule has 0 spiro atoms. The second kappa shape index (κ2) is 2.85. The predicted octanol–water partition coefficient (Wildman–Crippen LogP) is 0.598. The minimum absolute atomic E-state index is 0.296. The lowest BCUT2D eigenvalue weighted by Crippen LogP contribution is -2.08. The summed E-state index contributed by atoms with van der Waals surface area (Å²) in [7, 11) is 0. The van der Waals surface area contributed by atoms with Gasteiger partial charge < -0.3 is 5.84 Å². The van der Waals surface area contributed by atoms with Gasteiger partial charge in [-0.25, -0.2) is 9.07 Å². The van der Waals surface area contributed by atoms with E-state index in [-0.39, 0.29) is 5.82 Å². The van der Waals surface area contributed by atoms with Crippen LogP contribution in [0, 0.1) is 12.1 Å². The quantitative estimate of drug-likeness (QED) is 0.649. The fraction of sp³-hybridized carbons (Fsp3) is 0. The number of halogens is 1. The van der Waals surface area contributed by atoms with Crippen molar-refractivity contribution in [2.75, 3.05) is 5.84 Å². The number of nitrogens with zero attached hydrogens (tertiary/aromatic N) is 3. The van der Waals surface area contributed by atoms with E-state index in [2.05, 4.69) is 16.5 Å². The first-order valence-electron chi connectivity index (χ1n) is 3.61. The van der Waals surface area contributed by atoms with Crippen molar-refractivity contribution in [2.45, 2.75) is 0 Å². The Balaban J connectivity index is 2.47. The van der Waals surface area contributed by atoms with Crippen molar-refractivity contribution in [3.63, 3.8) is 0 Å². The molecule has 2 rings (SSSR count). The Morgan fingerprint density at radius 3 is 2.54 bits per heavy atom. The van der Waals surface area contributed by atoms with Gasteiger partial charge in [0.25, 0.3) is 0 Å². The first-order chi connectivity index (χ1) is 6.27. The topological polar surface area (TPSA) is 56.7 Å². The normalized spacial score (nSPS) is 10.2. The molecule has 13 heavy (non-hydrogen) atoms. The highest BCUT2D eigenvalue weighted by atomic mass is 19.1. The molecule has 1 aromatic carbocycles. The molecular formula is C8H6FN4. The van der Waals surface area contributed by atoms with Crippen LogP contribution in [0.5, 0.6) is 0 Å². The molecule has 0 unspecified atom stereocenters. The molecule has 0 saturated carbocycles. The third-order valence-corrected chi connectivity index (χ3v) is 1.63. The summed E-state index contributed by atoms with van der Waals surface area (Å²) in [5, 5.41) is 7.22. The highest BCUT2D eigenvalue weighted by molar-refractivity contribution is 5.54. The summed E-state index contributed by atoms with van der Waals surface area (Å²) in [6.45, 7) is 0. The average Bonchev–Trinajstić information content (AvgIpc) is 2.53. The number of benzene rings is 1. The average molecular weight is 177 g/mol. The van der Waals surface area contributed by atoms with Crippen molar-refractivity contribution >= 4 is 0 Å². The number of rotatable bonds is 1. The second-order valence-electron chi connectivity index (χ2n) is 2.50. The Labute approximate surface area is 73.8 Å². The van der Waals surface area contributed by atoms with Crippen molar-refractivity contribution in [3.8, 4) is 11.4 Å². The number of hydrogen-bond donors (Lipinski definition) is 1. The molecule has 5 heteroatoms. The van der Waals surface area contributed by atoms with Gasteiger partial charge in [0.2, 0.25) is 6.33 Å². The fourth-order valence-corrected chi connectivity index (χ4v) is 1.01. The molecule has 0 saturated heterocycles. The largest absolute Gasteiger partial charge is 0.336 e. The third-order valence-electron chi connectivity index (χ3n) is 1.63. The van der Waals surface area contributed by atoms with Crippen molar-refractivity contribution in [1.29, 1.82) is 0 Å². The fourth-order valence-electron chi connectivity index (χ4n) is 1.01. The Bertz CT molecular complexity index is 406. The van der Waals surface area contributed by atoms with Gasteiger partial charge >= 0.3 is 0 Å². The zero-order chi connectivity index (χ0) is 9.26. The smallest absolute Gasteiger partial charge is 0.222 e. The molecule has 0 fully saturated rings. The van der Waals surface area contributed by atoms with E-state index in [1.54, 1.807) is 12.1 Å².